The number of carbonyl (C=O) groups is 2. The van der Waals surface area contributed by atoms with Gasteiger partial charge in [0, 0.05) is 11.4 Å². The molecule has 39 heavy (non-hydrogen) atoms. The number of hydrogen-bond acceptors (Lipinski definition) is 8. The number of aromatic nitrogens is 1. The average Bonchev–Trinajstić information content (AvgIpc) is 3.39. The summed E-state index contributed by atoms with van der Waals surface area (Å²) in [5, 5.41) is 10.3. The van der Waals surface area contributed by atoms with Gasteiger partial charge in [-0.05, 0) is 42.7 Å². The number of aliphatic hydroxyl groups is 1. The lowest BCUT2D eigenvalue weighted by Crippen LogP contribution is -2.61. The molecule has 0 spiro atoms. The lowest BCUT2D eigenvalue weighted by molar-refractivity contribution is -0.160. The number of esters is 1. The molecule has 1 fully saturated rings. The highest BCUT2D eigenvalue weighted by Gasteiger charge is 2.45. The maximum Gasteiger partial charge on any atom is 0.334 e. The van der Waals surface area contributed by atoms with E-state index in [1.165, 1.54) is 32.9 Å². The predicted octanol–water partition coefficient (Wildman–Crippen LogP) is 6.58. The van der Waals surface area contributed by atoms with Crippen LogP contribution in [0.1, 0.15) is 42.2 Å². The molecule has 1 aromatic heterocycles. The van der Waals surface area contributed by atoms with E-state index in [4.69, 9.17) is 4.74 Å². The van der Waals surface area contributed by atoms with Crippen molar-refractivity contribution in [1.29, 1.82) is 0 Å². The first-order valence-corrected chi connectivity index (χ1v) is 15.5. The Labute approximate surface area is 239 Å². The first kappa shape index (κ1) is 27.5. The van der Waals surface area contributed by atoms with Gasteiger partial charge in [-0.2, -0.15) is 0 Å². The van der Waals surface area contributed by atoms with Crippen LogP contribution in [0.15, 0.2) is 95.9 Å². The van der Waals surface area contributed by atoms with Crippen LogP contribution in [0.5, 0.6) is 0 Å². The van der Waals surface area contributed by atoms with E-state index in [1.54, 1.807) is 18.7 Å². The summed E-state index contributed by atoms with van der Waals surface area (Å²) in [5.41, 5.74) is 3.09. The number of rotatable bonds is 10. The molecule has 3 aromatic carbocycles. The fourth-order valence-corrected chi connectivity index (χ4v) is 7.90. The molecule has 5 rings (SSSR count). The zero-order valence-corrected chi connectivity index (χ0v) is 24.0. The third-order valence-electron chi connectivity index (χ3n) is 6.37. The van der Waals surface area contributed by atoms with E-state index < -0.39 is 24.2 Å². The standard InChI is InChI=1S/C30H28N2O4S3/c1-18(2)26(30(35)36-27(20-11-6-4-7-12-20)21-13-8-5-9-14-21)32-17-24(29(32)34)39-38-23-16-10-15-22-25(23)31-28(37-22)19(3)33/h4-16,19,24,26-27,33H,1,17H2,2-3H3/t19-,24+,26?/m1/s1. The van der Waals surface area contributed by atoms with Gasteiger partial charge in [0.15, 0.2) is 12.1 Å². The highest BCUT2D eigenvalue weighted by Crippen LogP contribution is 2.43. The number of β-lactam (4-membered cyclic amide) rings is 1. The molecular formula is C30H28N2O4S3. The third kappa shape index (κ3) is 5.91. The summed E-state index contributed by atoms with van der Waals surface area (Å²) in [6, 6.07) is 24.2. The number of fused-ring (bicyclic) bond motifs is 1. The molecule has 4 aromatic rings. The maximum absolute atomic E-state index is 13.5. The molecule has 0 bridgehead atoms. The van der Waals surface area contributed by atoms with Gasteiger partial charge in [-0.25, -0.2) is 9.78 Å². The zero-order chi connectivity index (χ0) is 27.5. The van der Waals surface area contributed by atoms with Crippen molar-refractivity contribution in [2.24, 2.45) is 0 Å². The summed E-state index contributed by atoms with van der Waals surface area (Å²) in [7, 11) is 2.95. The second kappa shape index (κ2) is 12.0. The summed E-state index contributed by atoms with van der Waals surface area (Å²) >= 11 is 1.47. The Bertz CT molecular complexity index is 1450. The van der Waals surface area contributed by atoms with E-state index in [2.05, 4.69) is 11.6 Å². The Balaban J connectivity index is 1.27. The van der Waals surface area contributed by atoms with E-state index in [9.17, 15) is 14.7 Å². The molecule has 1 aliphatic rings. The fourth-order valence-electron chi connectivity index (χ4n) is 4.38. The maximum atomic E-state index is 13.5. The number of thiazole rings is 1. The fraction of sp³-hybridized carbons (Fsp3) is 0.233. The Hall–Kier alpha value is -3.11. The predicted molar refractivity (Wildman–Crippen MR) is 159 cm³/mol. The molecule has 1 unspecified atom stereocenters. The van der Waals surface area contributed by atoms with Crippen molar-refractivity contribution in [3.8, 4) is 0 Å². The average molecular weight is 577 g/mol. The van der Waals surface area contributed by atoms with E-state index in [1.807, 2.05) is 78.9 Å². The number of carbonyl (C=O) groups excluding carboxylic acids is 2. The van der Waals surface area contributed by atoms with Gasteiger partial charge < -0.3 is 14.7 Å². The van der Waals surface area contributed by atoms with Crippen LogP contribution in [0.2, 0.25) is 0 Å². The zero-order valence-electron chi connectivity index (χ0n) is 21.5. The van der Waals surface area contributed by atoms with E-state index in [0.717, 1.165) is 26.2 Å². The van der Waals surface area contributed by atoms with Gasteiger partial charge in [0.25, 0.3) is 0 Å². The van der Waals surface area contributed by atoms with Gasteiger partial charge in [-0.1, -0.05) is 94.9 Å². The summed E-state index contributed by atoms with van der Waals surface area (Å²) in [6.07, 6.45) is -1.22. The topological polar surface area (TPSA) is 79.7 Å². The van der Waals surface area contributed by atoms with Crippen molar-refractivity contribution >= 4 is 55.0 Å². The van der Waals surface area contributed by atoms with Crippen LogP contribution in [-0.2, 0) is 14.3 Å². The quantitative estimate of drug-likeness (QED) is 0.0989. The number of likely N-dealkylation sites (tertiary alicyclic amines) is 1. The highest BCUT2D eigenvalue weighted by molar-refractivity contribution is 8.77. The van der Waals surface area contributed by atoms with Gasteiger partial charge in [-0.15, -0.1) is 11.3 Å². The minimum absolute atomic E-state index is 0.122. The van der Waals surface area contributed by atoms with Crippen LogP contribution < -0.4 is 0 Å². The van der Waals surface area contributed by atoms with Crippen molar-refractivity contribution in [3.05, 3.63) is 107 Å². The minimum Gasteiger partial charge on any atom is -0.451 e. The number of amides is 1. The number of aliphatic hydroxyl groups excluding tert-OH is 1. The molecule has 1 saturated heterocycles. The van der Waals surface area contributed by atoms with Crippen molar-refractivity contribution in [3.63, 3.8) is 0 Å². The Kier molecular flexibility index (Phi) is 8.42. The Morgan fingerprint density at radius 3 is 2.28 bits per heavy atom. The lowest BCUT2D eigenvalue weighted by atomic mass is 10.00. The third-order valence-corrected chi connectivity index (χ3v) is 10.3. The van der Waals surface area contributed by atoms with Crippen LogP contribution in [0.4, 0.5) is 0 Å². The molecule has 3 atom stereocenters. The molecule has 0 aliphatic carbocycles. The van der Waals surface area contributed by atoms with Crippen molar-refractivity contribution < 1.29 is 19.4 Å². The van der Waals surface area contributed by atoms with E-state index in [0.29, 0.717) is 17.1 Å². The van der Waals surface area contributed by atoms with Gasteiger partial charge in [0.2, 0.25) is 5.91 Å². The van der Waals surface area contributed by atoms with Crippen LogP contribution >= 0.6 is 32.9 Å². The monoisotopic (exact) mass is 576 g/mol. The first-order chi connectivity index (χ1) is 18.8. The SMILES string of the molecule is C=C(C)C(C(=O)OC(c1ccccc1)c1ccccc1)N1C[C@H](SSc2cccc3sc([C@@H](C)O)nc23)C1=O. The molecule has 1 amide bonds. The minimum atomic E-state index is -0.857. The first-order valence-electron chi connectivity index (χ1n) is 12.5. The number of para-hydroxylation sites is 1. The van der Waals surface area contributed by atoms with Gasteiger partial charge in [0.05, 0.1) is 10.2 Å². The second-order valence-electron chi connectivity index (χ2n) is 9.38. The molecule has 2 heterocycles. The molecular weight excluding hydrogens is 549 g/mol. The Morgan fingerprint density at radius 2 is 1.72 bits per heavy atom. The molecule has 1 N–H and O–H groups in total. The number of nitrogens with zero attached hydrogens (tertiary/aromatic N) is 2. The molecule has 6 nitrogen and oxygen atoms in total. The Morgan fingerprint density at radius 1 is 1.08 bits per heavy atom. The largest absolute Gasteiger partial charge is 0.451 e. The van der Waals surface area contributed by atoms with E-state index >= 15 is 0 Å². The number of hydrogen-bond donors (Lipinski definition) is 1. The smallest absolute Gasteiger partial charge is 0.334 e. The molecule has 0 saturated carbocycles. The van der Waals surface area contributed by atoms with Crippen molar-refractivity contribution in [1.82, 2.24) is 9.88 Å². The van der Waals surface area contributed by atoms with Crippen LogP contribution in [0, 0.1) is 0 Å². The molecule has 200 valence electrons. The van der Waals surface area contributed by atoms with Gasteiger partial charge in [0.1, 0.15) is 16.4 Å². The van der Waals surface area contributed by atoms with Crippen molar-refractivity contribution in [2.75, 3.05) is 6.54 Å². The molecule has 1 aliphatic heterocycles. The summed E-state index contributed by atoms with van der Waals surface area (Å²) in [6.45, 7) is 7.86. The number of benzene rings is 3. The summed E-state index contributed by atoms with van der Waals surface area (Å²) in [4.78, 5) is 33.8. The van der Waals surface area contributed by atoms with Crippen LogP contribution in [-0.4, -0.2) is 44.7 Å². The van der Waals surface area contributed by atoms with E-state index in [-0.39, 0.29) is 11.2 Å². The van der Waals surface area contributed by atoms with Gasteiger partial charge >= 0.3 is 5.97 Å². The number of ether oxygens (including phenoxy) is 1. The summed E-state index contributed by atoms with van der Waals surface area (Å²) < 4.78 is 7.05. The van der Waals surface area contributed by atoms with Crippen LogP contribution in [0.25, 0.3) is 10.2 Å². The normalized spacial score (nSPS) is 16.7. The highest BCUT2D eigenvalue weighted by atomic mass is 33.1. The molecule has 9 heteroatoms. The van der Waals surface area contributed by atoms with Crippen molar-refractivity contribution in [2.45, 2.75) is 42.2 Å². The second-order valence-corrected chi connectivity index (χ2v) is 12.9. The van der Waals surface area contributed by atoms with Crippen LogP contribution in [0.3, 0.4) is 0 Å². The lowest BCUT2D eigenvalue weighted by Gasteiger charge is -2.42. The molecule has 0 radical (unpaired) electrons. The van der Waals surface area contributed by atoms with Gasteiger partial charge in [-0.3, -0.25) is 4.79 Å². The summed E-state index contributed by atoms with van der Waals surface area (Å²) in [5.74, 6) is -0.619.